The number of thiazole rings is 1. The molecule has 24 heavy (non-hydrogen) atoms. The largest absolute Gasteiger partial charge is 0.484 e. The van der Waals surface area contributed by atoms with Crippen LogP contribution in [-0.2, 0) is 4.79 Å². The van der Waals surface area contributed by atoms with Gasteiger partial charge in [-0.3, -0.25) is 10.2 Å². The van der Waals surface area contributed by atoms with Crippen molar-refractivity contribution in [3.63, 3.8) is 0 Å². The lowest BCUT2D eigenvalue weighted by Gasteiger charge is -2.08. The van der Waals surface area contributed by atoms with Crippen LogP contribution in [0.4, 0.5) is 10.8 Å². The van der Waals surface area contributed by atoms with E-state index in [1.54, 1.807) is 24.3 Å². The van der Waals surface area contributed by atoms with Gasteiger partial charge in [-0.2, -0.15) is 0 Å². The van der Waals surface area contributed by atoms with Crippen molar-refractivity contribution in [2.24, 2.45) is 5.84 Å². The minimum absolute atomic E-state index is 0.0859. The number of nitrogen functional groups attached to an aromatic ring is 1. The summed E-state index contributed by atoms with van der Waals surface area (Å²) >= 11 is 7.37. The second-order valence-electron chi connectivity index (χ2n) is 5.09. The lowest BCUT2D eigenvalue weighted by Crippen LogP contribution is -2.20. The number of fused-ring (bicyclic) bond motifs is 1. The maximum atomic E-state index is 12.0. The molecule has 0 unspecified atom stereocenters. The van der Waals surface area contributed by atoms with Crippen LogP contribution in [0.25, 0.3) is 10.2 Å². The molecule has 0 saturated heterocycles. The van der Waals surface area contributed by atoms with E-state index < -0.39 is 0 Å². The molecule has 0 saturated carbocycles. The van der Waals surface area contributed by atoms with Gasteiger partial charge in [0.1, 0.15) is 5.75 Å². The number of carbonyl (C=O) groups is 1. The number of amides is 1. The van der Waals surface area contributed by atoms with Crippen molar-refractivity contribution in [2.45, 2.75) is 6.92 Å². The lowest BCUT2D eigenvalue weighted by molar-refractivity contribution is -0.118. The number of benzene rings is 2. The number of ether oxygens (including phenoxy) is 1. The van der Waals surface area contributed by atoms with Gasteiger partial charge in [0.05, 0.1) is 10.2 Å². The van der Waals surface area contributed by atoms with E-state index in [1.807, 2.05) is 19.1 Å². The van der Waals surface area contributed by atoms with Crippen LogP contribution < -0.4 is 21.3 Å². The topological polar surface area (TPSA) is 89.3 Å². The van der Waals surface area contributed by atoms with Crippen LogP contribution in [0.3, 0.4) is 0 Å². The molecule has 0 aliphatic rings. The third-order valence-electron chi connectivity index (χ3n) is 3.30. The van der Waals surface area contributed by atoms with Crippen molar-refractivity contribution in [1.29, 1.82) is 0 Å². The van der Waals surface area contributed by atoms with E-state index in [2.05, 4.69) is 15.7 Å². The van der Waals surface area contributed by atoms with Gasteiger partial charge in [-0.1, -0.05) is 22.9 Å². The van der Waals surface area contributed by atoms with Gasteiger partial charge in [-0.25, -0.2) is 10.8 Å². The molecule has 0 spiro atoms. The number of halogens is 1. The van der Waals surface area contributed by atoms with Gasteiger partial charge in [0, 0.05) is 10.7 Å². The first-order chi connectivity index (χ1) is 11.5. The molecule has 0 fully saturated rings. The third kappa shape index (κ3) is 3.76. The van der Waals surface area contributed by atoms with Gasteiger partial charge in [-0.15, -0.1) is 0 Å². The van der Waals surface area contributed by atoms with Crippen molar-refractivity contribution < 1.29 is 9.53 Å². The SMILES string of the molecule is Cc1cc(OCC(=O)Nc2ccc3nc(NN)sc3c2)ccc1Cl. The van der Waals surface area contributed by atoms with Crippen molar-refractivity contribution in [3.05, 3.63) is 47.0 Å². The Morgan fingerprint density at radius 1 is 1.33 bits per heavy atom. The van der Waals surface area contributed by atoms with Crippen molar-refractivity contribution in [1.82, 2.24) is 4.98 Å². The summed E-state index contributed by atoms with van der Waals surface area (Å²) in [6.45, 7) is 1.79. The lowest BCUT2D eigenvalue weighted by atomic mass is 10.2. The minimum atomic E-state index is -0.247. The molecular formula is C16H15ClN4O2S. The molecule has 0 atom stereocenters. The Balaban J connectivity index is 1.62. The molecule has 1 heterocycles. The van der Waals surface area contributed by atoms with Gasteiger partial charge < -0.3 is 10.1 Å². The number of nitrogens with zero attached hydrogens (tertiary/aromatic N) is 1. The maximum absolute atomic E-state index is 12.0. The molecule has 2 aromatic carbocycles. The summed E-state index contributed by atoms with van der Waals surface area (Å²) in [7, 11) is 0. The normalized spacial score (nSPS) is 10.6. The van der Waals surface area contributed by atoms with Gasteiger partial charge >= 0.3 is 0 Å². The third-order valence-corrected chi connectivity index (χ3v) is 4.67. The molecule has 0 aliphatic carbocycles. The molecule has 3 aromatic rings. The number of nitrogens with one attached hydrogen (secondary N) is 2. The Hall–Kier alpha value is -2.35. The highest BCUT2D eigenvalue weighted by Gasteiger charge is 2.08. The Kier molecular flexibility index (Phi) is 4.84. The number of hydrogen-bond donors (Lipinski definition) is 3. The quantitative estimate of drug-likeness (QED) is 0.477. The van der Waals surface area contributed by atoms with Gasteiger partial charge in [0.2, 0.25) is 0 Å². The first kappa shape index (κ1) is 16.5. The molecule has 1 aromatic heterocycles. The molecule has 0 radical (unpaired) electrons. The van der Waals surface area contributed by atoms with E-state index in [0.717, 1.165) is 15.8 Å². The molecule has 1 amide bonds. The number of hydrazine groups is 1. The fourth-order valence-corrected chi connectivity index (χ4v) is 3.05. The fraction of sp³-hybridized carbons (Fsp3) is 0.125. The number of rotatable bonds is 5. The first-order valence-corrected chi connectivity index (χ1v) is 8.30. The van der Waals surface area contributed by atoms with E-state index in [9.17, 15) is 4.79 Å². The highest BCUT2D eigenvalue weighted by atomic mass is 35.5. The van der Waals surface area contributed by atoms with Crippen molar-refractivity contribution >= 4 is 49.9 Å². The zero-order valence-electron chi connectivity index (χ0n) is 12.8. The van der Waals surface area contributed by atoms with E-state index in [0.29, 0.717) is 21.6 Å². The van der Waals surface area contributed by atoms with E-state index in [-0.39, 0.29) is 12.5 Å². The van der Waals surface area contributed by atoms with Crippen LogP contribution in [0.15, 0.2) is 36.4 Å². The molecule has 3 rings (SSSR count). The Morgan fingerprint density at radius 3 is 2.92 bits per heavy atom. The number of aryl methyl sites for hydroxylation is 1. The standard InChI is InChI=1S/C16H15ClN4O2S/c1-9-6-11(3-4-12(9)17)23-8-15(22)19-10-2-5-13-14(7-10)24-16(20-13)21-18/h2-7H,8,18H2,1H3,(H,19,22)(H,20,21). The second kappa shape index (κ2) is 7.04. The Bertz CT molecular complexity index is 897. The van der Waals surface area contributed by atoms with Crippen molar-refractivity contribution in [3.8, 4) is 5.75 Å². The van der Waals surface area contributed by atoms with E-state index in [4.69, 9.17) is 22.2 Å². The van der Waals surface area contributed by atoms with E-state index >= 15 is 0 Å². The molecule has 0 aliphatic heterocycles. The van der Waals surface area contributed by atoms with Crippen LogP contribution in [0.2, 0.25) is 5.02 Å². The Labute approximate surface area is 147 Å². The van der Waals surface area contributed by atoms with E-state index in [1.165, 1.54) is 11.3 Å². The second-order valence-corrected chi connectivity index (χ2v) is 6.53. The molecule has 124 valence electrons. The van der Waals surface area contributed by atoms with Crippen LogP contribution in [0, 0.1) is 6.92 Å². The van der Waals surface area contributed by atoms with Gasteiger partial charge in [-0.05, 0) is 48.9 Å². The smallest absolute Gasteiger partial charge is 0.262 e. The Morgan fingerprint density at radius 2 is 2.17 bits per heavy atom. The van der Waals surface area contributed by atoms with Crippen LogP contribution in [0.1, 0.15) is 5.56 Å². The number of carbonyl (C=O) groups excluding carboxylic acids is 1. The van der Waals surface area contributed by atoms with Crippen LogP contribution in [0.5, 0.6) is 5.75 Å². The highest BCUT2D eigenvalue weighted by molar-refractivity contribution is 7.22. The summed E-state index contributed by atoms with van der Waals surface area (Å²) in [5.74, 6) is 5.70. The summed E-state index contributed by atoms with van der Waals surface area (Å²) < 4.78 is 6.40. The summed E-state index contributed by atoms with van der Waals surface area (Å²) in [4.78, 5) is 16.3. The summed E-state index contributed by atoms with van der Waals surface area (Å²) in [5.41, 5.74) is 4.91. The van der Waals surface area contributed by atoms with Crippen molar-refractivity contribution in [2.75, 3.05) is 17.3 Å². The number of nitrogens with two attached hydrogens (primary N) is 1. The van der Waals surface area contributed by atoms with Gasteiger partial charge in [0.15, 0.2) is 11.7 Å². The highest BCUT2D eigenvalue weighted by Crippen LogP contribution is 2.27. The zero-order chi connectivity index (χ0) is 17.1. The summed E-state index contributed by atoms with van der Waals surface area (Å²) in [5, 5.41) is 4.08. The zero-order valence-corrected chi connectivity index (χ0v) is 14.4. The summed E-state index contributed by atoms with van der Waals surface area (Å²) in [6, 6.07) is 10.7. The molecule has 8 heteroatoms. The predicted molar refractivity (Wildman–Crippen MR) is 97.7 cm³/mol. The number of anilines is 2. The van der Waals surface area contributed by atoms with Crippen LogP contribution in [-0.4, -0.2) is 17.5 Å². The molecule has 4 N–H and O–H groups in total. The minimum Gasteiger partial charge on any atom is -0.484 e. The van der Waals surface area contributed by atoms with Gasteiger partial charge in [0.25, 0.3) is 5.91 Å². The number of aromatic nitrogens is 1. The first-order valence-electron chi connectivity index (χ1n) is 7.11. The molecule has 6 nitrogen and oxygen atoms in total. The molecular weight excluding hydrogens is 348 g/mol. The average molecular weight is 363 g/mol. The molecule has 0 bridgehead atoms. The number of hydrogen-bond acceptors (Lipinski definition) is 6. The van der Waals surface area contributed by atoms with Crippen LogP contribution >= 0.6 is 22.9 Å². The summed E-state index contributed by atoms with van der Waals surface area (Å²) in [6.07, 6.45) is 0. The fourth-order valence-electron chi connectivity index (χ4n) is 2.12. The maximum Gasteiger partial charge on any atom is 0.262 e. The monoisotopic (exact) mass is 362 g/mol. The average Bonchev–Trinajstić information content (AvgIpc) is 2.98. The predicted octanol–water partition coefficient (Wildman–Crippen LogP) is 3.56.